The quantitative estimate of drug-likeness (QED) is 0.0233. The van der Waals surface area contributed by atoms with E-state index in [1.807, 2.05) is 10.6 Å². The lowest BCUT2D eigenvalue weighted by Gasteiger charge is -2.29. The number of phenolic OH excluding ortho intramolecular Hbond substituents is 1. The molecular weight excluding hydrogens is 1970 g/mol. The number of H-pyrrole nitrogens is 1. The highest BCUT2D eigenvalue weighted by Crippen LogP contribution is 2.17. The van der Waals surface area contributed by atoms with E-state index in [1.165, 1.54) is 103 Å². The highest BCUT2D eigenvalue weighted by atomic mass is 16.4. The first-order chi connectivity index (χ1) is 69.8. The number of carboxylic acids is 4. The Kier molecular flexibility index (Phi) is 54.6. The molecule has 149 heavy (non-hydrogen) atoms. The molecule has 0 spiro atoms. The maximum atomic E-state index is 14.6. The number of nitrogens with one attached hydrogen (secondary N) is 20. The predicted octanol–water partition coefficient (Wildman–Crippen LogP) is -12.5. The molecule has 826 valence electrons. The summed E-state index contributed by atoms with van der Waals surface area (Å²) in [6.07, 6.45) is -6.31. The van der Waals surface area contributed by atoms with Crippen molar-refractivity contribution in [2.24, 2.45) is 29.0 Å². The molecule has 0 unspecified atom stereocenters. The highest BCUT2D eigenvalue weighted by molar-refractivity contribution is 6.03. The summed E-state index contributed by atoms with van der Waals surface area (Å²) < 4.78 is 0. The molecule has 0 aliphatic carbocycles. The summed E-state index contributed by atoms with van der Waals surface area (Å²) in [4.78, 5) is 329. The van der Waals surface area contributed by atoms with Crippen LogP contribution in [-0.2, 0) is 134 Å². The first-order valence-corrected chi connectivity index (χ1v) is 47.2. The molecule has 58 nitrogen and oxygen atoms in total. The van der Waals surface area contributed by atoms with Gasteiger partial charge in [-0.25, -0.2) is 9.78 Å². The number of aromatic nitrogens is 2. The Morgan fingerprint density at radius 1 is 0.389 bits per heavy atom. The molecule has 0 aliphatic rings. The van der Waals surface area contributed by atoms with Crippen LogP contribution in [0.5, 0.6) is 5.75 Å². The molecule has 1 aromatic heterocycles. The van der Waals surface area contributed by atoms with Gasteiger partial charge in [0.15, 0.2) is 0 Å². The summed E-state index contributed by atoms with van der Waals surface area (Å²) in [5.74, 6) is -31.6. The van der Waals surface area contributed by atoms with Gasteiger partial charge in [-0.15, -0.1) is 0 Å². The number of aromatic hydroxyl groups is 1. The van der Waals surface area contributed by atoms with E-state index >= 15 is 0 Å². The van der Waals surface area contributed by atoms with E-state index in [4.69, 9.17) is 17.2 Å². The second-order valence-electron chi connectivity index (χ2n) is 36.1. The van der Waals surface area contributed by atoms with Crippen molar-refractivity contribution in [1.29, 1.82) is 0 Å². The lowest BCUT2D eigenvalue weighted by Crippen LogP contribution is -2.63. The number of imidazole rings is 1. The second kappa shape index (κ2) is 63.8. The number of nitrogens with two attached hydrogens (primary N) is 3. The Balaban J connectivity index is 1.81. The fraction of sp³-hybridized carbons (Fsp3) is 0.571. The predicted molar refractivity (Wildman–Crippen MR) is 517 cm³/mol. The molecule has 2 aromatic carbocycles. The number of carbonyl (C=O) groups is 24. The third-order valence-electron chi connectivity index (χ3n) is 22.2. The number of primary amides is 1. The molecule has 0 saturated heterocycles. The summed E-state index contributed by atoms with van der Waals surface area (Å²) in [7, 11) is 0. The number of aromatic amines is 1. The van der Waals surface area contributed by atoms with E-state index in [1.54, 1.807) is 19.9 Å². The number of aliphatic hydroxyl groups is 5. The number of phenols is 1. The van der Waals surface area contributed by atoms with E-state index in [2.05, 4.69) is 100 Å². The fourth-order valence-corrected chi connectivity index (χ4v) is 13.8. The molecular formula is C91H138N24O34. The van der Waals surface area contributed by atoms with Gasteiger partial charge in [0.25, 0.3) is 0 Å². The van der Waals surface area contributed by atoms with E-state index in [0.29, 0.717) is 24.1 Å². The number of unbranched alkanes of at least 4 members (excludes halogenated alkanes) is 1. The molecule has 3 rings (SSSR count). The van der Waals surface area contributed by atoms with Crippen LogP contribution < -0.4 is 118 Å². The number of rotatable bonds is 68. The third-order valence-corrected chi connectivity index (χ3v) is 22.2. The van der Waals surface area contributed by atoms with Gasteiger partial charge in [-0.1, -0.05) is 70.2 Å². The molecule has 0 fully saturated rings. The first-order valence-electron chi connectivity index (χ1n) is 47.2. The molecule has 58 heteroatoms. The largest absolute Gasteiger partial charge is 0.508 e. The number of carbonyl (C=O) groups excluding carboxylic acids is 20. The normalized spacial score (nSPS) is 15.0. The van der Waals surface area contributed by atoms with Crippen molar-refractivity contribution in [2.75, 3.05) is 39.5 Å². The Labute approximate surface area is 853 Å². The van der Waals surface area contributed by atoms with Crippen LogP contribution in [0.1, 0.15) is 157 Å². The van der Waals surface area contributed by atoms with Crippen LogP contribution in [0.4, 0.5) is 0 Å². The minimum atomic E-state index is -2.23. The third kappa shape index (κ3) is 46.4. The smallest absolute Gasteiger partial charge is 0.326 e. The van der Waals surface area contributed by atoms with Crippen molar-refractivity contribution >= 4 is 142 Å². The highest BCUT2D eigenvalue weighted by Gasteiger charge is 2.42. The van der Waals surface area contributed by atoms with Crippen LogP contribution in [0, 0.1) is 11.8 Å². The Morgan fingerprint density at radius 3 is 1.24 bits per heavy atom. The molecule has 0 radical (unpaired) electrons. The average molecular weight is 2110 g/mol. The molecule has 1 heterocycles. The molecule has 20 amide bonds. The standard InChI is InChI=1S/C91H138N24O34/c1-42(2)30-57(79(137)102-53(24-27-67(125)126)76(134)96-36-65(123)101-55(23-26-64(94)122)78(136)100-44(5)73(131)99-45(6)74(132)103-56(89(147)148)18-14-15-29-92)104-80(138)58(32-49-19-21-51(121)22-20-49)105-83(141)61(38-116)108-85(143)63(40-118)109-86(144)70(43(3)4)113-82(140)60(34-69(129)130)106-84(142)62(39-117)110-88(146)72(47(8)120)114-81(139)59(31-48-16-12-11-13-17-48)107-87(145)71(46(7)119)112-66(124)37-97-77(135)54(25-28-68(127)128)111-90(149)91(9,10)115-75(133)52(93)33-50-35-95-41-98-50/h11-13,16-17,19-22,35,41-47,52-63,70-72,116-121H,14-15,18,23-34,36-40,92-93H2,1-10H3,(H2,94,122)(H,95,98)(H,96,134)(H,97,135)(H,99,131)(H,100,136)(H,101,123)(H,102,137)(H,103,132)(H,104,138)(H,105,141)(H,106,142)(H,107,145)(H,108,143)(H,109,144)(H,110,146)(H,111,149)(H,112,124)(H,113,140)(H,114,139)(H,115,133)(H,125,126)(H,127,128)(H,129,130)(H,147,148)/t44-,45-,46-,47+,52-,53-,54-,55-,56-,57-,58-,59-,60-,61-,62-,63-,70-,71+,72-/m0/s1. The van der Waals surface area contributed by atoms with E-state index in [9.17, 15) is 166 Å². The zero-order valence-corrected chi connectivity index (χ0v) is 83.6. The van der Waals surface area contributed by atoms with Crippen molar-refractivity contribution in [1.82, 2.24) is 111 Å². The van der Waals surface area contributed by atoms with Crippen molar-refractivity contribution in [2.45, 2.75) is 280 Å². The lowest BCUT2D eigenvalue weighted by atomic mass is 10.00. The maximum absolute atomic E-state index is 14.6. The molecule has 19 atom stereocenters. The number of aliphatic hydroxyl groups excluding tert-OH is 5. The second-order valence-corrected chi connectivity index (χ2v) is 36.1. The lowest BCUT2D eigenvalue weighted by molar-refractivity contribution is -0.142. The van der Waals surface area contributed by atoms with Gasteiger partial charge in [0.05, 0.1) is 69.6 Å². The van der Waals surface area contributed by atoms with Gasteiger partial charge < -0.3 is 174 Å². The summed E-state index contributed by atoms with van der Waals surface area (Å²) in [5, 5.41) is 145. The monoisotopic (exact) mass is 2110 g/mol. The Hall–Kier alpha value is -15.5. The summed E-state index contributed by atoms with van der Waals surface area (Å²) in [6, 6.07) is -17.7. The average Bonchev–Trinajstić information content (AvgIpc) is 1.55. The fourth-order valence-electron chi connectivity index (χ4n) is 13.8. The number of benzene rings is 2. The first kappa shape index (κ1) is 128. The van der Waals surface area contributed by atoms with E-state index in [0.717, 1.165) is 13.8 Å². The van der Waals surface area contributed by atoms with Gasteiger partial charge in [0.2, 0.25) is 118 Å². The van der Waals surface area contributed by atoms with Crippen molar-refractivity contribution < 1.29 is 166 Å². The van der Waals surface area contributed by atoms with Gasteiger partial charge in [0, 0.05) is 44.7 Å². The van der Waals surface area contributed by atoms with Crippen molar-refractivity contribution in [3.8, 4) is 5.75 Å². The number of amides is 20. The number of carboxylic acid groups (broad SMARTS) is 4. The summed E-state index contributed by atoms with van der Waals surface area (Å²) in [5.41, 5.74) is 16.0. The van der Waals surface area contributed by atoms with Gasteiger partial charge in [-0.3, -0.25) is 110 Å². The molecule has 36 N–H and O–H groups in total. The zero-order valence-electron chi connectivity index (χ0n) is 83.6. The molecule has 3 aromatic rings. The van der Waals surface area contributed by atoms with Crippen LogP contribution in [-0.4, -0.2) is 363 Å². The van der Waals surface area contributed by atoms with Crippen LogP contribution in [0.15, 0.2) is 67.1 Å². The Morgan fingerprint density at radius 2 is 0.779 bits per heavy atom. The van der Waals surface area contributed by atoms with Gasteiger partial charge in [-0.2, -0.15) is 0 Å². The number of nitrogens with zero attached hydrogens (tertiary/aromatic N) is 1. The SMILES string of the molecule is CC(C)C[C@H](NC(=O)[C@H](Cc1ccc(O)cc1)NC(=O)[C@H](CO)NC(=O)[C@H](CO)NC(=O)[C@@H](NC(=O)[C@H](CC(=O)O)NC(=O)[C@H](CO)NC(=O)[C@@H](NC(=O)[C@H](Cc1ccccc1)NC(=O)[C@H](NC(=O)CNC(=O)[C@H](CCC(=O)O)NC(=O)C(C)(C)NC(=O)[C@@H](N)Cc1c[nH]cn1)[C@H](C)O)[C@@H](C)O)C(C)C)C(=O)N[C@@H](CCC(=O)O)C(=O)NCC(=O)N[C@@H](CCC(N)=O)C(=O)N[C@@H](C)C(=O)N[C@@H](C)C(=O)N[C@@H](CCCCN)C(=O)O. The molecule has 0 bridgehead atoms. The minimum absolute atomic E-state index is 0.0263. The number of hydrogen-bond donors (Lipinski definition) is 33. The summed E-state index contributed by atoms with van der Waals surface area (Å²) >= 11 is 0. The Bertz CT molecular complexity index is 5110. The van der Waals surface area contributed by atoms with Crippen LogP contribution in [0.2, 0.25) is 0 Å². The van der Waals surface area contributed by atoms with Crippen molar-refractivity contribution in [3.63, 3.8) is 0 Å². The summed E-state index contributed by atoms with van der Waals surface area (Å²) in [6.45, 7) is 7.02. The maximum Gasteiger partial charge on any atom is 0.326 e. The minimum Gasteiger partial charge on any atom is -0.508 e. The van der Waals surface area contributed by atoms with Gasteiger partial charge >= 0.3 is 23.9 Å². The number of aliphatic carboxylic acids is 4. The van der Waals surface area contributed by atoms with Crippen LogP contribution >= 0.6 is 0 Å². The molecule has 0 aliphatic heterocycles. The van der Waals surface area contributed by atoms with E-state index in [-0.39, 0.29) is 37.1 Å². The number of hydrogen-bond acceptors (Lipinski definition) is 33. The molecule has 0 saturated carbocycles. The zero-order chi connectivity index (χ0) is 113. The van der Waals surface area contributed by atoms with Gasteiger partial charge in [-0.05, 0) is 128 Å². The van der Waals surface area contributed by atoms with E-state index < -0.39 is 365 Å². The van der Waals surface area contributed by atoms with Crippen molar-refractivity contribution in [3.05, 3.63) is 83.9 Å². The van der Waals surface area contributed by atoms with Crippen LogP contribution in [0.25, 0.3) is 0 Å². The van der Waals surface area contributed by atoms with Gasteiger partial charge in [0.1, 0.15) is 108 Å². The topological polar surface area (TPSA) is 947 Å². The van der Waals surface area contributed by atoms with Crippen LogP contribution in [0.3, 0.4) is 0 Å².